The number of nitrogens with zero attached hydrogens (tertiary/aromatic N) is 4. The highest BCUT2D eigenvalue weighted by Gasteiger charge is 2.56. The Hall–Kier alpha value is -4.92. The summed E-state index contributed by atoms with van der Waals surface area (Å²) in [6, 6.07) is 29.0. The number of piperidine rings is 6. The maximum absolute atomic E-state index is 6.91. The Morgan fingerprint density at radius 2 is 1.12 bits per heavy atom. The van der Waals surface area contributed by atoms with E-state index in [0.29, 0.717) is 36.9 Å². The largest absolute Gasteiger partial charge is 0.497 e. The summed E-state index contributed by atoms with van der Waals surface area (Å²) in [4.78, 5) is 9.48. The number of pyridine rings is 2. The Labute approximate surface area is 356 Å². The predicted molar refractivity (Wildman–Crippen MR) is 242 cm³/mol. The van der Waals surface area contributed by atoms with Crippen LogP contribution in [0.3, 0.4) is 0 Å². The van der Waals surface area contributed by atoms with E-state index >= 15 is 0 Å². The van der Waals surface area contributed by atoms with Crippen molar-refractivity contribution < 1.29 is 23.2 Å². The van der Waals surface area contributed by atoms with Gasteiger partial charge in [0, 0.05) is 71.8 Å². The van der Waals surface area contributed by atoms with Crippen LogP contribution in [0.25, 0.3) is 21.8 Å². The van der Waals surface area contributed by atoms with Gasteiger partial charge in [-0.2, -0.15) is 0 Å². The van der Waals surface area contributed by atoms with Crippen molar-refractivity contribution in [2.45, 2.75) is 63.1 Å². The highest BCUT2D eigenvalue weighted by Crippen LogP contribution is 2.51. The number of para-hydroxylation sites is 2. The zero-order chi connectivity index (χ0) is 41.3. The fourth-order valence-corrected chi connectivity index (χ4v) is 12.4. The summed E-state index contributed by atoms with van der Waals surface area (Å²) in [6.07, 6.45) is 16.5. The predicted octanol–water partition coefficient (Wildman–Crippen LogP) is 10.5. The molecular formula is C53H62N4O3+2. The van der Waals surface area contributed by atoms with E-state index in [0.717, 1.165) is 77.9 Å². The molecule has 10 atom stereocenters. The van der Waals surface area contributed by atoms with Crippen molar-refractivity contribution in [3.63, 3.8) is 0 Å². The van der Waals surface area contributed by atoms with Crippen molar-refractivity contribution in [1.82, 2.24) is 9.97 Å². The zero-order valence-corrected chi connectivity index (χ0v) is 35.4. The third-order valence-corrected chi connectivity index (χ3v) is 15.1. The minimum absolute atomic E-state index is 0.101. The Kier molecular flexibility index (Phi) is 11.6. The van der Waals surface area contributed by atoms with E-state index < -0.39 is 0 Å². The number of quaternary nitrogens is 2. The Morgan fingerprint density at radius 3 is 1.55 bits per heavy atom. The van der Waals surface area contributed by atoms with E-state index in [-0.39, 0.29) is 24.3 Å². The summed E-state index contributed by atoms with van der Waals surface area (Å²) in [6.45, 7) is 24.0. The molecule has 0 N–H and O–H groups in total. The van der Waals surface area contributed by atoms with Crippen molar-refractivity contribution in [3.8, 4) is 5.75 Å². The highest BCUT2D eigenvalue weighted by molar-refractivity contribution is 5.83. The monoisotopic (exact) mass is 802 g/mol. The number of hydrogen-bond acceptors (Lipinski definition) is 5. The van der Waals surface area contributed by atoms with Crippen molar-refractivity contribution in [1.29, 1.82) is 0 Å². The van der Waals surface area contributed by atoms with E-state index in [1.807, 2.05) is 31.7 Å². The van der Waals surface area contributed by atoms with Crippen LogP contribution in [0.2, 0.25) is 0 Å². The van der Waals surface area contributed by atoms with Crippen LogP contribution < -0.4 is 4.74 Å². The number of fused-ring (bicyclic) bond motifs is 8. The molecule has 0 amide bonds. The molecule has 5 aromatic rings. The van der Waals surface area contributed by atoms with Crippen molar-refractivity contribution in [3.05, 3.63) is 164 Å². The van der Waals surface area contributed by atoms with E-state index in [1.165, 1.54) is 45.9 Å². The third kappa shape index (κ3) is 7.44. The van der Waals surface area contributed by atoms with Gasteiger partial charge in [0.05, 0.1) is 57.5 Å². The first-order valence-corrected chi connectivity index (χ1v) is 22.2. The third-order valence-electron chi connectivity index (χ3n) is 15.1. The molecule has 0 unspecified atom stereocenters. The van der Waals surface area contributed by atoms with E-state index in [4.69, 9.17) is 24.2 Å². The second-order valence-corrected chi connectivity index (χ2v) is 18.2. The molecule has 0 aliphatic carbocycles. The lowest BCUT2D eigenvalue weighted by Crippen LogP contribution is -2.68. The quantitative estimate of drug-likeness (QED) is 0.0692. The second-order valence-electron chi connectivity index (χ2n) is 18.2. The van der Waals surface area contributed by atoms with Crippen molar-refractivity contribution in [2.75, 3.05) is 46.5 Å². The molecule has 7 heteroatoms. The Morgan fingerprint density at radius 1 is 0.650 bits per heavy atom. The molecule has 6 fully saturated rings. The lowest BCUT2D eigenvalue weighted by atomic mass is 9.70. The molecule has 8 heterocycles. The van der Waals surface area contributed by atoms with Gasteiger partial charge in [0.15, 0.2) is 0 Å². The molecule has 60 heavy (non-hydrogen) atoms. The molecule has 6 saturated heterocycles. The first kappa shape index (κ1) is 40.5. The van der Waals surface area contributed by atoms with Crippen LogP contribution in [0.5, 0.6) is 5.75 Å². The normalized spacial score (nSPS) is 29.2. The average Bonchev–Trinajstić information content (AvgIpc) is 3.29. The van der Waals surface area contributed by atoms with Crippen molar-refractivity contribution in [2.24, 2.45) is 23.7 Å². The first-order chi connectivity index (χ1) is 29.4. The minimum atomic E-state index is -0.101. The maximum atomic E-state index is 6.91. The summed E-state index contributed by atoms with van der Waals surface area (Å²) >= 11 is 0. The van der Waals surface area contributed by atoms with Gasteiger partial charge in [-0.1, -0.05) is 60.7 Å². The van der Waals surface area contributed by atoms with Gasteiger partial charge in [-0.05, 0) is 65.4 Å². The van der Waals surface area contributed by atoms with Crippen LogP contribution in [0.1, 0.15) is 60.1 Å². The average molecular weight is 803 g/mol. The smallest absolute Gasteiger partial charge is 0.135 e. The summed E-state index contributed by atoms with van der Waals surface area (Å²) in [5, 5.41) is 2.33. The second kappa shape index (κ2) is 17.2. The van der Waals surface area contributed by atoms with Crippen molar-refractivity contribution >= 4 is 21.8 Å². The van der Waals surface area contributed by atoms with Crippen LogP contribution in [-0.4, -0.2) is 77.5 Å². The maximum Gasteiger partial charge on any atom is 0.135 e. The van der Waals surface area contributed by atoms with Crippen LogP contribution in [-0.2, 0) is 22.6 Å². The molecule has 2 aromatic heterocycles. The lowest BCUT2D eigenvalue weighted by Gasteiger charge is -2.59. The van der Waals surface area contributed by atoms with E-state index in [1.54, 1.807) is 0 Å². The summed E-state index contributed by atoms with van der Waals surface area (Å²) in [5.74, 6) is 3.05. The molecule has 0 radical (unpaired) electrons. The Bertz CT molecular complexity index is 2210. The van der Waals surface area contributed by atoms with E-state index in [2.05, 4.69) is 117 Å². The van der Waals surface area contributed by atoms with Gasteiger partial charge < -0.3 is 23.2 Å². The van der Waals surface area contributed by atoms with Gasteiger partial charge in [-0.25, -0.2) is 0 Å². The molecule has 0 saturated carbocycles. The first-order valence-electron chi connectivity index (χ1n) is 22.2. The highest BCUT2D eigenvalue weighted by atomic mass is 16.5. The van der Waals surface area contributed by atoms with Gasteiger partial charge in [0.2, 0.25) is 0 Å². The standard InChI is InChI=1S/C53H62N4O3/c1-6-26-59-52(46-18-22-54-48-16-12-10-14-44(46)48)50-31-41-20-24-56(50,35-39(41)8-3)33-37-28-38(30-43(29-37)58-5)34-57-25-21-42(40(9-4)36-57)32-51(57)53(60-27-7-2)47-19-23-55-49-17-13-11-15-45(47)49/h6-19,22-23,28-30,39-42,50-53H,1-4,20-21,24-27,31-36H2,5H3/q+2/t39-,40-,41-,42-,50+,51+,52+,53+,56+,57+/m0/s1. The van der Waals surface area contributed by atoms with Crippen LogP contribution in [0.15, 0.2) is 142 Å². The fourth-order valence-electron chi connectivity index (χ4n) is 12.4. The number of ether oxygens (including phenoxy) is 3. The summed E-state index contributed by atoms with van der Waals surface area (Å²) < 4.78 is 21.9. The van der Waals surface area contributed by atoms with Gasteiger partial charge in [-0.15, -0.1) is 26.3 Å². The topological polar surface area (TPSA) is 53.5 Å². The number of benzene rings is 3. The molecule has 3 aromatic carbocycles. The zero-order valence-electron chi connectivity index (χ0n) is 35.4. The lowest BCUT2D eigenvalue weighted by molar-refractivity contribution is -0.985. The minimum Gasteiger partial charge on any atom is -0.497 e. The van der Waals surface area contributed by atoms with E-state index in [9.17, 15) is 0 Å². The molecule has 4 bridgehead atoms. The number of methoxy groups -OCH3 is 1. The number of rotatable bonds is 17. The fraction of sp³-hybridized carbons (Fsp3) is 0.396. The summed E-state index contributed by atoms with van der Waals surface area (Å²) in [5.41, 5.74) is 7.10. The van der Waals surface area contributed by atoms with Gasteiger partial charge in [0.25, 0.3) is 0 Å². The number of aromatic nitrogens is 2. The molecular weight excluding hydrogens is 741 g/mol. The molecule has 6 aliphatic heterocycles. The molecule has 0 spiro atoms. The van der Waals surface area contributed by atoms with Crippen LogP contribution in [0, 0.1) is 23.7 Å². The van der Waals surface area contributed by atoms with Gasteiger partial charge in [0.1, 0.15) is 43.1 Å². The molecule has 7 nitrogen and oxygen atoms in total. The molecule has 11 rings (SSSR count). The van der Waals surface area contributed by atoms with Gasteiger partial charge >= 0.3 is 0 Å². The molecule has 310 valence electrons. The Balaban J connectivity index is 1.10. The SMILES string of the molecule is C=CCO[C@H](c1ccnc2ccccc12)[C@H]1C[C@@H]2CC[N@@+]1(Cc1cc(C[N@@+]34CC[C@@H](C[C@@H]3[C@H](OCC=C)c3ccnc5ccccc35)[C@@H](C=C)C4)cc(OC)c1)C[C@@H]2C=C. The van der Waals surface area contributed by atoms with Gasteiger partial charge in [-0.3, -0.25) is 9.97 Å². The molecule has 6 aliphatic rings. The number of hydrogen-bond donors (Lipinski definition) is 0. The van der Waals surface area contributed by atoms with Crippen LogP contribution in [0.4, 0.5) is 0 Å². The van der Waals surface area contributed by atoms with Crippen LogP contribution >= 0.6 is 0 Å². The summed E-state index contributed by atoms with van der Waals surface area (Å²) in [7, 11) is 1.81.